The first-order valence-corrected chi connectivity index (χ1v) is 6.16. The summed E-state index contributed by atoms with van der Waals surface area (Å²) in [5.74, 6) is 5.21. The third kappa shape index (κ3) is 3.10. The molecule has 0 aliphatic carbocycles. The third-order valence-electron chi connectivity index (χ3n) is 2.58. The van der Waals surface area contributed by atoms with Crippen molar-refractivity contribution in [2.75, 3.05) is 0 Å². The molecule has 0 fully saturated rings. The number of rotatable bonds is 4. The number of hydrazine groups is 1. The molecule has 4 nitrogen and oxygen atoms in total. The van der Waals surface area contributed by atoms with E-state index < -0.39 is 0 Å². The minimum absolute atomic E-state index is 0.269. The summed E-state index contributed by atoms with van der Waals surface area (Å²) in [7, 11) is 0. The molecule has 0 amide bonds. The largest absolute Gasteiger partial charge is 0.271 e. The Morgan fingerprint density at radius 1 is 1.39 bits per heavy atom. The van der Waals surface area contributed by atoms with Gasteiger partial charge in [-0.2, -0.15) is 0 Å². The molecule has 1 aromatic carbocycles. The highest BCUT2D eigenvalue weighted by Crippen LogP contribution is 2.20. The number of nitrogens with one attached hydrogen (secondary N) is 1. The van der Waals surface area contributed by atoms with Gasteiger partial charge < -0.3 is 0 Å². The van der Waals surface area contributed by atoms with Gasteiger partial charge in [0.2, 0.25) is 0 Å². The lowest BCUT2D eigenvalue weighted by atomic mass is 10.0. The van der Waals surface area contributed by atoms with Gasteiger partial charge in [-0.05, 0) is 24.1 Å². The number of halogens is 2. The molecule has 0 aliphatic rings. The Balaban J connectivity index is 2.21. The molecule has 0 bridgehead atoms. The number of nitrogens with zero attached hydrogens (tertiary/aromatic N) is 2. The minimum atomic E-state index is -0.270. The lowest BCUT2D eigenvalue weighted by Gasteiger charge is -2.15. The van der Waals surface area contributed by atoms with Crippen molar-refractivity contribution < 1.29 is 4.39 Å². The predicted molar refractivity (Wildman–Crippen MR) is 69.9 cm³/mol. The van der Waals surface area contributed by atoms with E-state index in [0.717, 1.165) is 0 Å². The van der Waals surface area contributed by atoms with Crippen molar-refractivity contribution in [1.82, 2.24) is 15.4 Å². The van der Waals surface area contributed by atoms with Crippen molar-refractivity contribution in [3.05, 3.63) is 58.3 Å². The van der Waals surface area contributed by atoms with Crippen LogP contribution in [0.15, 0.2) is 41.3 Å². The van der Waals surface area contributed by atoms with Crippen molar-refractivity contribution >= 4 is 15.9 Å². The maximum absolute atomic E-state index is 13.7. The van der Waals surface area contributed by atoms with Gasteiger partial charge in [0.1, 0.15) is 5.82 Å². The Morgan fingerprint density at radius 3 is 2.83 bits per heavy atom. The van der Waals surface area contributed by atoms with Gasteiger partial charge in [0.25, 0.3) is 0 Å². The fourth-order valence-electron chi connectivity index (χ4n) is 1.65. The molecule has 18 heavy (non-hydrogen) atoms. The van der Waals surface area contributed by atoms with Crippen LogP contribution in [-0.2, 0) is 6.42 Å². The van der Waals surface area contributed by atoms with Gasteiger partial charge in [-0.1, -0.05) is 22.0 Å². The molecule has 1 unspecified atom stereocenters. The van der Waals surface area contributed by atoms with Crippen LogP contribution in [0.25, 0.3) is 0 Å². The van der Waals surface area contributed by atoms with E-state index in [0.29, 0.717) is 22.2 Å². The van der Waals surface area contributed by atoms with Crippen molar-refractivity contribution in [1.29, 1.82) is 0 Å². The van der Waals surface area contributed by atoms with Crippen molar-refractivity contribution in [3.63, 3.8) is 0 Å². The highest BCUT2D eigenvalue weighted by Gasteiger charge is 2.14. The molecular formula is C12H12BrFN4. The van der Waals surface area contributed by atoms with Crippen LogP contribution in [0, 0.1) is 5.82 Å². The molecular weight excluding hydrogens is 299 g/mol. The van der Waals surface area contributed by atoms with Crippen molar-refractivity contribution in [2.45, 2.75) is 12.5 Å². The second kappa shape index (κ2) is 5.99. The van der Waals surface area contributed by atoms with Crippen LogP contribution < -0.4 is 11.3 Å². The van der Waals surface area contributed by atoms with Crippen LogP contribution in [0.4, 0.5) is 4.39 Å². The first-order valence-electron chi connectivity index (χ1n) is 5.36. The summed E-state index contributed by atoms with van der Waals surface area (Å²) in [4.78, 5) is 8.13. The van der Waals surface area contributed by atoms with Gasteiger partial charge in [0.05, 0.1) is 17.9 Å². The first kappa shape index (κ1) is 13.1. The molecule has 3 N–H and O–H groups in total. The minimum Gasteiger partial charge on any atom is -0.271 e. The molecule has 94 valence electrons. The second-order valence-corrected chi connectivity index (χ2v) is 4.71. The van der Waals surface area contributed by atoms with E-state index in [9.17, 15) is 4.39 Å². The lowest BCUT2D eigenvalue weighted by Crippen LogP contribution is -2.30. The fraction of sp³-hybridized carbons (Fsp3) is 0.167. The van der Waals surface area contributed by atoms with Gasteiger partial charge in [0, 0.05) is 16.9 Å². The van der Waals surface area contributed by atoms with Gasteiger partial charge in [-0.15, -0.1) is 0 Å². The van der Waals surface area contributed by atoms with Crippen LogP contribution >= 0.6 is 15.9 Å². The summed E-state index contributed by atoms with van der Waals surface area (Å²) in [5, 5.41) is 0. The third-order valence-corrected chi connectivity index (χ3v) is 3.07. The summed E-state index contributed by atoms with van der Waals surface area (Å²) in [6.45, 7) is 0. The summed E-state index contributed by atoms with van der Waals surface area (Å²) in [6.07, 6.45) is 5.19. The molecule has 0 spiro atoms. The van der Waals surface area contributed by atoms with E-state index in [1.54, 1.807) is 30.7 Å². The van der Waals surface area contributed by atoms with Gasteiger partial charge in [0.15, 0.2) is 0 Å². The monoisotopic (exact) mass is 310 g/mol. The number of benzene rings is 1. The average molecular weight is 311 g/mol. The van der Waals surface area contributed by atoms with Gasteiger partial charge >= 0.3 is 0 Å². The summed E-state index contributed by atoms with van der Waals surface area (Å²) in [6, 6.07) is 4.68. The standard InChI is InChI=1S/C12H12BrFN4/c13-9-2-1-8(10(14)6-9)5-11(18-15)12-7-16-3-4-17-12/h1-4,6-7,11,18H,5,15H2. The van der Waals surface area contributed by atoms with E-state index >= 15 is 0 Å². The molecule has 0 radical (unpaired) electrons. The second-order valence-electron chi connectivity index (χ2n) is 3.79. The van der Waals surface area contributed by atoms with E-state index in [1.165, 1.54) is 6.07 Å². The number of aromatic nitrogens is 2. The van der Waals surface area contributed by atoms with E-state index in [2.05, 4.69) is 31.3 Å². The van der Waals surface area contributed by atoms with Gasteiger partial charge in [-0.3, -0.25) is 21.2 Å². The SMILES string of the molecule is NNC(Cc1ccc(Br)cc1F)c1cnccn1. The molecule has 1 aromatic heterocycles. The average Bonchev–Trinajstić information content (AvgIpc) is 2.39. The molecule has 0 aliphatic heterocycles. The fourth-order valence-corrected chi connectivity index (χ4v) is 1.98. The van der Waals surface area contributed by atoms with Crippen molar-refractivity contribution in [3.8, 4) is 0 Å². The van der Waals surface area contributed by atoms with E-state index in [-0.39, 0.29) is 11.9 Å². The number of hydrogen-bond donors (Lipinski definition) is 2. The van der Waals surface area contributed by atoms with Crippen LogP contribution in [0.3, 0.4) is 0 Å². The zero-order valence-electron chi connectivity index (χ0n) is 9.48. The number of hydrogen-bond acceptors (Lipinski definition) is 4. The zero-order valence-corrected chi connectivity index (χ0v) is 11.1. The van der Waals surface area contributed by atoms with Crippen molar-refractivity contribution in [2.24, 2.45) is 5.84 Å². The Kier molecular flexibility index (Phi) is 4.35. The van der Waals surface area contributed by atoms with Crippen LogP contribution in [0.2, 0.25) is 0 Å². The topological polar surface area (TPSA) is 63.8 Å². The Bertz CT molecular complexity index is 521. The molecule has 1 heterocycles. The van der Waals surface area contributed by atoms with Gasteiger partial charge in [-0.25, -0.2) is 4.39 Å². The molecule has 0 saturated heterocycles. The van der Waals surface area contributed by atoms with Crippen LogP contribution in [0.1, 0.15) is 17.3 Å². The summed E-state index contributed by atoms with van der Waals surface area (Å²) < 4.78 is 14.4. The molecule has 0 saturated carbocycles. The highest BCUT2D eigenvalue weighted by atomic mass is 79.9. The summed E-state index contributed by atoms with van der Waals surface area (Å²) in [5.41, 5.74) is 3.89. The zero-order chi connectivity index (χ0) is 13.0. The van der Waals surface area contributed by atoms with Crippen LogP contribution in [-0.4, -0.2) is 9.97 Å². The summed E-state index contributed by atoms with van der Waals surface area (Å²) >= 11 is 3.22. The molecule has 1 atom stereocenters. The van der Waals surface area contributed by atoms with E-state index in [1.807, 2.05) is 0 Å². The normalized spacial score (nSPS) is 12.4. The smallest absolute Gasteiger partial charge is 0.127 e. The Labute approximate surface area is 113 Å². The van der Waals surface area contributed by atoms with E-state index in [4.69, 9.17) is 5.84 Å². The first-order chi connectivity index (χ1) is 8.70. The molecule has 2 rings (SSSR count). The Hall–Kier alpha value is -1.37. The molecule has 2 aromatic rings. The quantitative estimate of drug-likeness (QED) is 0.671. The Morgan fingerprint density at radius 2 is 2.22 bits per heavy atom. The maximum Gasteiger partial charge on any atom is 0.127 e. The van der Waals surface area contributed by atoms with Crippen LogP contribution in [0.5, 0.6) is 0 Å². The predicted octanol–water partition coefficient (Wildman–Crippen LogP) is 2.13. The maximum atomic E-state index is 13.7. The molecule has 6 heteroatoms. The lowest BCUT2D eigenvalue weighted by molar-refractivity contribution is 0.517. The number of nitrogens with two attached hydrogens (primary N) is 1. The highest BCUT2D eigenvalue weighted by molar-refractivity contribution is 9.10.